The first-order valence-electron chi connectivity index (χ1n) is 7.79. The average molecular weight is 417 g/mol. The van der Waals surface area contributed by atoms with E-state index in [0.29, 0.717) is 9.23 Å². The number of amides is 1. The number of nitro groups is 1. The van der Waals surface area contributed by atoms with Gasteiger partial charge in [0.1, 0.15) is 9.34 Å². The summed E-state index contributed by atoms with van der Waals surface area (Å²) in [6, 6.07) is 2.78. The van der Waals surface area contributed by atoms with Gasteiger partial charge < -0.3 is 0 Å². The standard InChI is InChI=1S/C16H14Cl2N2O3S2/c17-11-6-7-12(20(22)23)14(18)10(11)8-13-15(21)19(16(24)25-13)9-4-2-1-3-5-9/h6-9H,1-5H2/b13-8+. The Morgan fingerprint density at radius 3 is 2.60 bits per heavy atom. The van der Waals surface area contributed by atoms with Gasteiger partial charge in [-0.1, -0.05) is 66.4 Å². The molecule has 0 radical (unpaired) electrons. The fourth-order valence-electron chi connectivity index (χ4n) is 3.10. The molecule has 0 unspecified atom stereocenters. The maximum atomic E-state index is 12.8. The average Bonchev–Trinajstić information content (AvgIpc) is 2.85. The Morgan fingerprint density at radius 1 is 1.28 bits per heavy atom. The van der Waals surface area contributed by atoms with Crippen LogP contribution >= 0.6 is 47.2 Å². The Kier molecular flexibility index (Phi) is 5.68. The topological polar surface area (TPSA) is 63.4 Å². The van der Waals surface area contributed by atoms with E-state index in [1.165, 1.54) is 36.4 Å². The molecule has 1 aromatic carbocycles. The van der Waals surface area contributed by atoms with E-state index in [4.69, 9.17) is 35.4 Å². The number of nitro benzene ring substituents is 1. The molecule has 1 amide bonds. The molecule has 0 spiro atoms. The van der Waals surface area contributed by atoms with Crippen molar-refractivity contribution in [3.63, 3.8) is 0 Å². The molecule has 0 atom stereocenters. The number of thiocarbonyl (C=S) groups is 1. The summed E-state index contributed by atoms with van der Waals surface area (Å²) in [5.74, 6) is -0.180. The monoisotopic (exact) mass is 416 g/mol. The summed E-state index contributed by atoms with van der Waals surface area (Å²) >= 11 is 18.8. The number of rotatable bonds is 3. The lowest BCUT2D eigenvalue weighted by molar-refractivity contribution is -0.384. The molecule has 1 heterocycles. The third kappa shape index (κ3) is 3.69. The van der Waals surface area contributed by atoms with Crippen LogP contribution in [-0.4, -0.2) is 26.1 Å². The van der Waals surface area contributed by atoms with E-state index >= 15 is 0 Å². The van der Waals surface area contributed by atoms with Gasteiger partial charge in [-0.3, -0.25) is 19.8 Å². The van der Waals surface area contributed by atoms with Gasteiger partial charge in [0.05, 0.1) is 9.83 Å². The van der Waals surface area contributed by atoms with Gasteiger partial charge >= 0.3 is 0 Å². The van der Waals surface area contributed by atoms with Gasteiger partial charge in [0.15, 0.2) is 0 Å². The van der Waals surface area contributed by atoms with Crippen LogP contribution in [0.1, 0.15) is 37.7 Å². The molecular weight excluding hydrogens is 403 g/mol. The van der Waals surface area contributed by atoms with Gasteiger partial charge in [0.2, 0.25) is 0 Å². The SMILES string of the molecule is O=C1/C(=C\c2c(Cl)ccc([N+](=O)[O-])c2Cl)SC(=S)N1C1CCCCC1. The van der Waals surface area contributed by atoms with E-state index in [1.54, 1.807) is 4.90 Å². The molecule has 1 aliphatic heterocycles. The molecule has 9 heteroatoms. The first kappa shape index (κ1) is 18.6. The lowest BCUT2D eigenvalue weighted by Crippen LogP contribution is -2.39. The summed E-state index contributed by atoms with van der Waals surface area (Å²) < 4.78 is 0.515. The van der Waals surface area contributed by atoms with E-state index in [1.807, 2.05) is 0 Å². The van der Waals surface area contributed by atoms with Crippen LogP contribution in [0, 0.1) is 10.1 Å². The second kappa shape index (κ2) is 7.61. The quantitative estimate of drug-likeness (QED) is 0.284. The maximum absolute atomic E-state index is 12.8. The van der Waals surface area contributed by atoms with Crippen molar-refractivity contribution in [3.8, 4) is 0 Å². The predicted octanol–water partition coefficient (Wildman–Crippen LogP) is 5.44. The van der Waals surface area contributed by atoms with E-state index in [-0.39, 0.29) is 33.2 Å². The Balaban J connectivity index is 1.95. The minimum absolute atomic E-state index is 0.0829. The van der Waals surface area contributed by atoms with Crippen molar-refractivity contribution >= 4 is 69.2 Å². The minimum atomic E-state index is -0.580. The summed E-state index contributed by atoms with van der Waals surface area (Å²) in [6.07, 6.45) is 6.74. The zero-order chi connectivity index (χ0) is 18.1. The van der Waals surface area contributed by atoms with Crippen LogP contribution in [0.2, 0.25) is 10.0 Å². The van der Waals surface area contributed by atoms with Crippen LogP contribution in [0.5, 0.6) is 0 Å². The number of carbonyl (C=O) groups excluding carboxylic acids is 1. The van der Waals surface area contributed by atoms with Crippen molar-refractivity contribution in [2.24, 2.45) is 0 Å². The lowest BCUT2D eigenvalue weighted by atomic mass is 9.94. The van der Waals surface area contributed by atoms with E-state index < -0.39 is 4.92 Å². The van der Waals surface area contributed by atoms with E-state index in [2.05, 4.69) is 0 Å². The van der Waals surface area contributed by atoms with Crippen LogP contribution in [0.25, 0.3) is 6.08 Å². The normalized spacial score (nSPS) is 20.6. The van der Waals surface area contributed by atoms with Crippen LogP contribution in [0.3, 0.4) is 0 Å². The highest BCUT2D eigenvalue weighted by Crippen LogP contribution is 2.40. The number of carbonyl (C=O) groups is 1. The summed E-state index contributed by atoms with van der Waals surface area (Å²) in [7, 11) is 0. The Hall–Kier alpha value is -1.15. The van der Waals surface area contributed by atoms with E-state index in [0.717, 1.165) is 25.7 Å². The van der Waals surface area contributed by atoms with Crippen molar-refractivity contribution in [1.82, 2.24) is 4.90 Å². The smallest absolute Gasteiger partial charge is 0.288 e. The van der Waals surface area contributed by atoms with Gasteiger partial charge in [-0.15, -0.1) is 0 Å². The molecule has 1 aromatic rings. The van der Waals surface area contributed by atoms with Crippen LogP contribution in [0.4, 0.5) is 5.69 Å². The number of hydrogen-bond donors (Lipinski definition) is 0. The number of benzene rings is 1. The largest absolute Gasteiger partial charge is 0.290 e. The Morgan fingerprint density at radius 2 is 1.96 bits per heavy atom. The van der Waals surface area contributed by atoms with E-state index in [9.17, 15) is 14.9 Å². The highest BCUT2D eigenvalue weighted by atomic mass is 35.5. The molecule has 0 N–H and O–H groups in total. The molecular formula is C16H14Cl2N2O3S2. The van der Waals surface area contributed by atoms with Gasteiger partial charge in [-0.25, -0.2) is 0 Å². The molecule has 25 heavy (non-hydrogen) atoms. The first-order chi connectivity index (χ1) is 11.9. The van der Waals surface area contributed by atoms with Crippen LogP contribution in [-0.2, 0) is 4.79 Å². The summed E-state index contributed by atoms with van der Waals surface area (Å²) in [5, 5.41) is 11.2. The summed E-state index contributed by atoms with van der Waals surface area (Å²) in [4.78, 5) is 25.3. The molecule has 1 aliphatic carbocycles. The van der Waals surface area contributed by atoms with Gasteiger partial charge in [-0.05, 0) is 25.0 Å². The molecule has 0 bridgehead atoms. The Bertz CT molecular complexity index is 792. The fraction of sp³-hybridized carbons (Fsp3) is 0.375. The fourth-order valence-corrected chi connectivity index (χ4v) is 5.03. The number of nitrogens with zero attached hydrogens (tertiary/aromatic N) is 2. The first-order valence-corrected chi connectivity index (χ1v) is 9.77. The van der Waals surface area contributed by atoms with Crippen molar-refractivity contribution < 1.29 is 9.72 Å². The number of hydrogen-bond acceptors (Lipinski definition) is 5. The van der Waals surface area contributed by atoms with Crippen molar-refractivity contribution in [3.05, 3.63) is 42.8 Å². The van der Waals surface area contributed by atoms with Gasteiger partial charge in [0, 0.05) is 22.7 Å². The molecule has 3 rings (SSSR count). The number of thioether (sulfide) groups is 1. The second-order valence-corrected chi connectivity index (χ2v) is 8.36. The molecule has 132 valence electrons. The highest BCUT2D eigenvalue weighted by Gasteiger charge is 2.37. The summed E-state index contributed by atoms with van der Waals surface area (Å²) in [5.41, 5.74) is 0.0155. The lowest BCUT2D eigenvalue weighted by Gasteiger charge is -2.29. The molecule has 2 aliphatic rings. The van der Waals surface area contributed by atoms with Crippen molar-refractivity contribution in [2.75, 3.05) is 0 Å². The van der Waals surface area contributed by atoms with Gasteiger partial charge in [0.25, 0.3) is 11.6 Å². The van der Waals surface area contributed by atoms with Crippen molar-refractivity contribution in [2.45, 2.75) is 38.1 Å². The molecule has 2 fully saturated rings. The van der Waals surface area contributed by atoms with Crippen molar-refractivity contribution in [1.29, 1.82) is 0 Å². The zero-order valence-electron chi connectivity index (χ0n) is 13.0. The maximum Gasteiger partial charge on any atom is 0.288 e. The third-order valence-corrected chi connectivity index (χ3v) is 6.40. The Labute approximate surface area is 164 Å². The predicted molar refractivity (Wildman–Crippen MR) is 105 cm³/mol. The number of halogens is 2. The molecule has 1 saturated heterocycles. The highest BCUT2D eigenvalue weighted by molar-refractivity contribution is 8.26. The molecule has 5 nitrogen and oxygen atoms in total. The zero-order valence-corrected chi connectivity index (χ0v) is 16.2. The van der Waals surface area contributed by atoms with Crippen LogP contribution < -0.4 is 0 Å². The third-order valence-electron chi connectivity index (χ3n) is 4.34. The second-order valence-electron chi connectivity index (χ2n) is 5.89. The van der Waals surface area contributed by atoms with Gasteiger partial charge in [-0.2, -0.15) is 0 Å². The summed E-state index contributed by atoms with van der Waals surface area (Å²) in [6.45, 7) is 0. The van der Waals surface area contributed by atoms with Crippen LogP contribution in [0.15, 0.2) is 17.0 Å². The molecule has 0 aromatic heterocycles. The molecule has 1 saturated carbocycles. The minimum Gasteiger partial charge on any atom is -0.290 e.